The van der Waals surface area contributed by atoms with Crippen molar-refractivity contribution in [3.8, 4) is 5.88 Å². The molecule has 4 fully saturated rings. The highest BCUT2D eigenvalue weighted by Crippen LogP contribution is 2.44. The van der Waals surface area contributed by atoms with Crippen molar-refractivity contribution in [2.75, 3.05) is 36.5 Å². The Morgan fingerprint density at radius 2 is 2.03 bits per heavy atom. The average molecular weight is 463 g/mol. The minimum Gasteiger partial charge on any atom is -0.477 e. The Morgan fingerprint density at radius 1 is 1.18 bits per heavy atom. The third-order valence-corrected chi connectivity index (χ3v) is 7.54. The van der Waals surface area contributed by atoms with Gasteiger partial charge in [-0.05, 0) is 57.9 Å². The van der Waals surface area contributed by atoms with Crippen LogP contribution in [0.4, 0.5) is 11.8 Å². The molecule has 7 rings (SSSR count). The number of carbonyl (C=O) groups excluding carboxylic acids is 1. The summed E-state index contributed by atoms with van der Waals surface area (Å²) in [7, 11) is 0. The first kappa shape index (κ1) is 21.3. The highest BCUT2D eigenvalue weighted by molar-refractivity contribution is 6.05. The number of imidazole rings is 1. The number of amides is 1. The number of anilines is 2. The van der Waals surface area contributed by atoms with E-state index in [4.69, 9.17) is 4.74 Å². The number of aromatic nitrogens is 5. The molecule has 3 aromatic heterocycles. The van der Waals surface area contributed by atoms with Gasteiger partial charge in [-0.3, -0.25) is 4.79 Å². The maximum atomic E-state index is 13.1. The minimum atomic E-state index is -0.351. The molecule has 0 radical (unpaired) electrons. The van der Waals surface area contributed by atoms with Crippen LogP contribution in [0, 0.1) is 31.6 Å². The second kappa shape index (κ2) is 8.19. The van der Waals surface area contributed by atoms with Gasteiger partial charge in [0.2, 0.25) is 11.8 Å². The molecule has 34 heavy (non-hydrogen) atoms. The number of nitrogens with one attached hydrogen (secondary N) is 2. The molecular weight excluding hydrogens is 432 g/mol. The molecule has 4 atom stereocenters. The van der Waals surface area contributed by atoms with Gasteiger partial charge in [0.05, 0.1) is 24.2 Å². The number of ether oxygens (including phenoxy) is 1. The fourth-order valence-electron chi connectivity index (χ4n) is 6.00. The smallest absolute Gasteiger partial charge is 0.263 e. The van der Waals surface area contributed by atoms with E-state index in [1.54, 1.807) is 12.4 Å². The molecule has 4 unspecified atom stereocenters. The number of fused-ring (bicyclic) bond motifs is 3. The van der Waals surface area contributed by atoms with Gasteiger partial charge in [-0.2, -0.15) is 4.98 Å². The third-order valence-electron chi connectivity index (χ3n) is 7.54. The van der Waals surface area contributed by atoms with E-state index in [1.807, 2.05) is 31.4 Å². The molecule has 1 saturated carbocycles. The normalized spacial score (nSPS) is 25.6. The lowest BCUT2D eigenvalue weighted by molar-refractivity contribution is 0.0927. The number of hydrogen-bond acceptors (Lipinski definition) is 8. The zero-order chi connectivity index (χ0) is 23.4. The van der Waals surface area contributed by atoms with Crippen molar-refractivity contribution in [1.29, 1.82) is 0 Å². The highest BCUT2D eigenvalue weighted by atomic mass is 16.5. The van der Waals surface area contributed by atoms with Crippen LogP contribution in [0.25, 0.3) is 5.65 Å². The van der Waals surface area contributed by atoms with Crippen LogP contribution >= 0.6 is 0 Å². The molecule has 10 heteroatoms. The van der Waals surface area contributed by atoms with Crippen LogP contribution < -0.4 is 20.3 Å². The van der Waals surface area contributed by atoms with Crippen LogP contribution in [-0.4, -0.2) is 62.5 Å². The van der Waals surface area contributed by atoms with Crippen molar-refractivity contribution in [2.24, 2.45) is 17.8 Å². The van der Waals surface area contributed by atoms with Gasteiger partial charge >= 0.3 is 0 Å². The Hall–Kier alpha value is -3.27. The Balaban J connectivity index is 1.24. The van der Waals surface area contributed by atoms with Gasteiger partial charge < -0.3 is 24.7 Å². The van der Waals surface area contributed by atoms with Gasteiger partial charge in [0, 0.05) is 31.5 Å². The van der Waals surface area contributed by atoms with Gasteiger partial charge in [-0.1, -0.05) is 0 Å². The van der Waals surface area contributed by atoms with Crippen LogP contribution in [0.5, 0.6) is 5.88 Å². The van der Waals surface area contributed by atoms with Gasteiger partial charge in [-0.25, -0.2) is 15.0 Å². The maximum absolute atomic E-state index is 13.1. The first-order valence-corrected chi connectivity index (χ1v) is 12.1. The minimum absolute atomic E-state index is 0.297. The Bertz CT molecular complexity index is 1230. The lowest BCUT2D eigenvalue weighted by Crippen LogP contribution is -2.54. The molecule has 1 amide bonds. The van der Waals surface area contributed by atoms with Crippen molar-refractivity contribution in [3.05, 3.63) is 35.5 Å². The molecule has 3 aliphatic heterocycles. The number of nitrogens with zero attached hydrogens (tertiary/aromatic N) is 6. The zero-order valence-corrected chi connectivity index (χ0v) is 19.8. The number of rotatable bonds is 5. The quantitative estimate of drug-likeness (QED) is 0.594. The summed E-state index contributed by atoms with van der Waals surface area (Å²) in [5.41, 5.74) is 2.70. The molecule has 10 nitrogen and oxygen atoms in total. The average Bonchev–Trinajstić information content (AvgIpc) is 3.45. The predicted octanol–water partition coefficient (Wildman–Crippen LogP) is 2.22. The lowest BCUT2D eigenvalue weighted by atomic mass is 9.68. The van der Waals surface area contributed by atoms with E-state index >= 15 is 0 Å². The molecule has 3 aromatic rings. The summed E-state index contributed by atoms with van der Waals surface area (Å²) in [5, 5.41) is 6.57. The number of piperidine rings is 2. The Morgan fingerprint density at radius 3 is 2.79 bits per heavy atom. The molecule has 0 aromatic carbocycles. The molecule has 4 aliphatic rings. The molecule has 178 valence electrons. The molecule has 3 saturated heterocycles. The first-order chi connectivity index (χ1) is 16.5. The monoisotopic (exact) mass is 462 g/mol. The van der Waals surface area contributed by atoms with E-state index in [0.29, 0.717) is 47.7 Å². The van der Waals surface area contributed by atoms with Crippen molar-refractivity contribution >= 4 is 23.3 Å². The van der Waals surface area contributed by atoms with E-state index < -0.39 is 0 Å². The maximum Gasteiger partial charge on any atom is 0.263 e. The van der Waals surface area contributed by atoms with Crippen molar-refractivity contribution < 1.29 is 9.53 Å². The lowest BCUT2D eigenvalue weighted by Gasteiger charge is -2.45. The Kier molecular flexibility index (Phi) is 5.13. The summed E-state index contributed by atoms with van der Waals surface area (Å²) < 4.78 is 7.65. The Labute approximate surface area is 198 Å². The van der Waals surface area contributed by atoms with Gasteiger partial charge in [-0.15, -0.1) is 0 Å². The third kappa shape index (κ3) is 3.56. The molecule has 6 heterocycles. The zero-order valence-electron chi connectivity index (χ0n) is 19.8. The summed E-state index contributed by atoms with van der Waals surface area (Å²) in [6.45, 7) is 9.14. The summed E-state index contributed by atoms with van der Waals surface area (Å²) in [4.78, 5) is 33.6. The number of aryl methyl sites for hydroxylation is 2. The van der Waals surface area contributed by atoms with Crippen LogP contribution in [0.1, 0.15) is 41.5 Å². The first-order valence-electron chi connectivity index (χ1n) is 12.1. The van der Waals surface area contributed by atoms with Crippen molar-refractivity contribution in [2.45, 2.75) is 39.7 Å². The van der Waals surface area contributed by atoms with Crippen LogP contribution in [0.2, 0.25) is 0 Å². The highest BCUT2D eigenvalue weighted by Gasteiger charge is 2.48. The second-order valence-corrected chi connectivity index (χ2v) is 9.69. The van der Waals surface area contributed by atoms with E-state index in [0.717, 1.165) is 42.6 Å². The van der Waals surface area contributed by atoms with E-state index in [-0.39, 0.29) is 5.91 Å². The van der Waals surface area contributed by atoms with Crippen LogP contribution in [-0.2, 0) is 0 Å². The largest absolute Gasteiger partial charge is 0.477 e. The fraction of sp³-hybridized carbons (Fsp3) is 0.542. The molecule has 2 bridgehead atoms. The SMILES string of the molecule is CCOc1nc(N2CC3C4CCC(NC4)C3C2)ncc1C(=O)Nc1cn2cc(C)nc2c(C)n1. The second-order valence-electron chi connectivity index (χ2n) is 9.69. The number of hydrogen-bond donors (Lipinski definition) is 2. The summed E-state index contributed by atoms with van der Waals surface area (Å²) in [5.74, 6) is 3.10. The molecule has 2 N–H and O–H groups in total. The van der Waals surface area contributed by atoms with Gasteiger partial charge in [0.1, 0.15) is 11.4 Å². The van der Waals surface area contributed by atoms with E-state index in [1.165, 1.54) is 12.8 Å². The van der Waals surface area contributed by atoms with Crippen LogP contribution in [0.3, 0.4) is 0 Å². The fourth-order valence-corrected chi connectivity index (χ4v) is 6.00. The van der Waals surface area contributed by atoms with Crippen LogP contribution in [0.15, 0.2) is 18.6 Å². The molecule has 0 spiro atoms. The van der Waals surface area contributed by atoms with Crippen molar-refractivity contribution in [1.82, 2.24) is 29.7 Å². The van der Waals surface area contributed by atoms with Gasteiger partial charge in [0.25, 0.3) is 5.91 Å². The number of carbonyl (C=O) groups is 1. The standard InChI is InChI=1S/C24H30N8O2/c1-4-34-23-16(22(33)29-20-12-31-9-13(2)27-21(31)14(3)28-20)8-26-24(30-23)32-10-17-15-5-6-19(25-7-15)18(17)11-32/h8-9,12,15,17-19,25H,4-7,10-11H2,1-3H3,(H,29,33). The summed E-state index contributed by atoms with van der Waals surface area (Å²) in [6, 6.07) is 0.601. The molecular formula is C24H30N8O2. The van der Waals surface area contributed by atoms with Gasteiger partial charge in [0.15, 0.2) is 5.65 Å². The molecule has 1 aliphatic carbocycles. The predicted molar refractivity (Wildman–Crippen MR) is 127 cm³/mol. The summed E-state index contributed by atoms with van der Waals surface area (Å²) in [6.07, 6.45) is 7.81. The topological polar surface area (TPSA) is 110 Å². The summed E-state index contributed by atoms with van der Waals surface area (Å²) >= 11 is 0. The van der Waals surface area contributed by atoms with Crippen molar-refractivity contribution in [3.63, 3.8) is 0 Å². The van der Waals surface area contributed by atoms with E-state index in [2.05, 4.69) is 35.5 Å². The van der Waals surface area contributed by atoms with E-state index in [9.17, 15) is 4.79 Å².